The van der Waals surface area contributed by atoms with Gasteiger partial charge in [-0.2, -0.15) is 0 Å². The average Bonchev–Trinajstić information content (AvgIpc) is 2.44. The van der Waals surface area contributed by atoms with Crippen LogP contribution in [0.2, 0.25) is 0 Å². The van der Waals surface area contributed by atoms with Crippen LogP contribution in [-0.4, -0.2) is 30.8 Å². The van der Waals surface area contributed by atoms with Gasteiger partial charge in [0.25, 0.3) is 0 Å². The smallest absolute Gasteiger partial charge is 0.408 e. The van der Waals surface area contributed by atoms with Crippen LogP contribution < -0.4 is 5.32 Å². The van der Waals surface area contributed by atoms with E-state index in [2.05, 4.69) is 5.32 Å². The van der Waals surface area contributed by atoms with Gasteiger partial charge in [0.1, 0.15) is 11.6 Å². The van der Waals surface area contributed by atoms with E-state index in [1.165, 1.54) is 7.11 Å². The third kappa shape index (κ3) is 6.92. The van der Waals surface area contributed by atoms with Crippen molar-refractivity contribution < 1.29 is 19.1 Å². The lowest BCUT2D eigenvalue weighted by molar-refractivity contribution is -0.143. The van der Waals surface area contributed by atoms with Crippen molar-refractivity contribution in [2.45, 2.75) is 38.8 Å². The Bertz CT molecular complexity index is 517. The van der Waals surface area contributed by atoms with Gasteiger partial charge in [0, 0.05) is 0 Å². The molecule has 1 amide bonds. The Hall–Kier alpha value is -2.30. The summed E-state index contributed by atoms with van der Waals surface area (Å²) in [6, 6.07) is 8.90. The summed E-state index contributed by atoms with van der Waals surface area (Å²) in [5.74, 6) is -0.511. The third-order valence-electron chi connectivity index (χ3n) is 2.66. The molecule has 1 aromatic carbocycles. The predicted molar refractivity (Wildman–Crippen MR) is 85.3 cm³/mol. The Balaban J connectivity index is 2.63. The molecule has 0 aliphatic carbocycles. The monoisotopic (exact) mass is 305 g/mol. The summed E-state index contributed by atoms with van der Waals surface area (Å²) in [5.41, 5.74) is 0.397. The molecule has 0 fully saturated rings. The van der Waals surface area contributed by atoms with Crippen LogP contribution in [-0.2, 0) is 14.3 Å². The maximum absolute atomic E-state index is 11.8. The second-order valence-electron chi connectivity index (χ2n) is 5.77. The highest BCUT2D eigenvalue weighted by Gasteiger charge is 2.23. The molecule has 0 aromatic heterocycles. The van der Waals surface area contributed by atoms with Crippen LogP contribution in [0.4, 0.5) is 4.79 Å². The maximum atomic E-state index is 11.8. The Morgan fingerprint density at radius 3 is 2.41 bits per heavy atom. The molecule has 0 saturated carbocycles. The first-order valence-corrected chi connectivity index (χ1v) is 7.11. The van der Waals surface area contributed by atoms with Gasteiger partial charge in [-0.1, -0.05) is 42.5 Å². The molecule has 120 valence electrons. The highest BCUT2D eigenvalue weighted by Crippen LogP contribution is 2.08. The summed E-state index contributed by atoms with van der Waals surface area (Å²) >= 11 is 0. The van der Waals surface area contributed by atoms with Gasteiger partial charge in [0.2, 0.25) is 0 Å². The zero-order chi connectivity index (χ0) is 16.6. The second kappa shape index (κ2) is 8.22. The first-order valence-electron chi connectivity index (χ1n) is 7.11. The molecule has 0 heterocycles. The molecular formula is C17H23NO4. The zero-order valence-corrected chi connectivity index (χ0v) is 13.5. The molecule has 0 bridgehead atoms. The molecule has 1 atom stereocenters. The van der Waals surface area contributed by atoms with Gasteiger partial charge >= 0.3 is 12.1 Å². The molecule has 22 heavy (non-hydrogen) atoms. The zero-order valence-electron chi connectivity index (χ0n) is 13.5. The molecule has 1 aromatic rings. The average molecular weight is 305 g/mol. The quantitative estimate of drug-likeness (QED) is 0.849. The molecule has 0 saturated heterocycles. The van der Waals surface area contributed by atoms with Crippen LogP contribution in [0.5, 0.6) is 0 Å². The number of rotatable bonds is 5. The van der Waals surface area contributed by atoms with E-state index < -0.39 is 23.7 Å². The van der Waals surface area contributed by atoms with E-state index >= 15 is 0 Å². The van der Waals surface area contributed by atoms with Crippen LogP contribution >= 0.6 is 0 Å². The Kier molecular flexibility index (Phi) is 6.63. The van der Waals surface area contributed by atoms with Crippen molar-refractivity contribution in [3.63, 3.8) is 0 Å². The van der Waals surface area contributed by atoms with Gasteiger partial charge in [-0.25, -0.2) is 9.59 Å². The summed E-state index contributed by atoms with van der Waals surface area (Å²) in [6.45, 7) is 5.28. The highest BCUT2D eigenvalue weighted by atomic mass is 16.6. The van der Waals surface area contributed by atoms with E-state index in [0.717, 1.165) is 5.56 Å². The van der Waals surface area contributed by atoms with Gasteiger partial charge in [-0.3, -0.25) is 0 Å². The molecule has 0 radical (unpaired) electrons. The van der Waals surface area contributed by atoms with Crippen LogP contribution in [0.3, 0.4) is 0 Å². The normalized spacial score (nSPS) is 12.7. The van der Waals surface area contributed by atoms with Gasteiger partial charge in [-0.15, -0.1) is 0 Å². The number of nitrogens with one attached hydrogen (secondary N) is 1. The molecule has 0 spiro atoms. The second-order valence-corrected chi connectivity index (χ2v) is 5.77. The lowest BCUT2D eigenvalue weighted by Crippen LogP contribution is -2.43. The number of amides is 1. The van der Waals surface area contributed by atoms with Crippen molar-refractivity contribution in [3.8, 4) is 0 Å². The molecule has 0 aliphatic rings. The van der Waals surface area contributed by atoms with E-state index in [0.29, 0.717) is 6.42 Å². The molecule has 1 rings (SSSR count). The summed E-state index contributed by atoms with van der Waals surface area (Å²) in [4.78, 5) is 23.5. The van der Waals surface area contributed by atoms with E-state index in [1.807, 2.05) is 42.5 Å². The van der Waals surface area contributed by atoms with Crippen LogP contribution in [0, 0.1) is 0 Å². The minimum Gasteiger partial charge on any atom is -0.467 e. The Labute approximate surface area is 131 Å². The molecule has 0 aliphatic heterocycles. The fraction of sp³-hybridized carbons (Fsp3) is 0.412. The van der Waals surface area contributed by atoms with Crippen LogP contribution in [0.25, 0.3) is 6.08 Å². The van der Waals surface area contributed by atoms with Crippen molar-refractivity contribution in [2.75, 3.05) is 7.11 Å². The fourth-order valence-corrected chi connectivity index (χ4v) is 1.71. The first-order chi connectivity index (χ1) is 10.3. The van der Waals surface area contributed by atoms with Crippen molar-refractivity contribution >= 4 is 18.1 Å². The van der Waals surface area contributed by atoms with E-state index in [-0.39, 0.29) is 0 Å². The molecule has 5 heteroatoms. The SMILES string of the molecule is COC(=O)[C@H](C/C=C/c1ccccc1)NC(=O)OC(C)(C)C. The van der Waals surface area contributed by atoms with Crippen molar-refractivity contribution in [3.05, 3.63) is 42.0 Å². The third-order valence-corrected chi connectivity index (χ3v) is 2.66. The van der Waals surface area contributed by atoms with Crippen molar-refractivity contribution in [1.82, 2.24) is 5.32 Å². The van der Waals surface area contributed by atoms with E-state index in [4.69, 9.17) is 9.47 Å². The van der Waals surface area contributed by atoms with Gasteiger partial charge in [0.05, 0.1) is 7.11 Å². The molecular weight excluding hydrogens is 282 g/mol. The van der Waals surface area contributed by atoms with Crippen LogP contribution in [0.15, 0.2) is 36.4 Å². The largest absolute Gasteiger partial charge is 0.467 e. The topological polar surface area (TPSA) is 64.6 Å². The minimum absolute atomic E-state index is 0.320. The number of carbonyl (C=O) groups excluding carboxylic acids is 2. The molecule has 5 nitrogen and oxygen atoms in total. The number of benzene rings is 1. The number of hydrogen-bond donors (Lipinski definition) is 1. The lowest BCUT2D eigenvalue weighted by Gasteiger charge is -2.22. The minimum atomic E-state index is -0.778. The van der Waals surface area contributed by atoms with Crippen LogP contribution in [0.1, 0.15) is 32.8 Å². The van der Waals surface area contributed by atoms with E-state index in [1.54, 1.807) is 20.8 Å². The fourth-order valence-electron chi connectivity index (χ4n) is 1.71. The Morgan fingerprint density at radius 2 is 1.86 bits per heavy atom. The van der Waals surface area contributed by atoms with E-state index in [9.17, 15) is 9.59 Å². The highest BCUT2D eigenvalue weighted by molar-refractivity contribution is 5.81. The molecule has 1 N–H and O–H groups in total. The standard InChI is InChI=1S/C17H23NO4/c1-17(2,3)22-16(20)18-14(15(19)21-4)12-8-11-13-9-6-5-7-10-13/h5-11,14H,12H2,1-4H3,(H,18,20)/b11-8+/t14-/m0/s1. The number of alkyl carbamates (subject to hydrolysis) is 1. The van der Waals surface area contributed by atoms with Gasteiger partial charge < -0.3 is 14.8 Å². The van der Waals surface area contributed by atoms with Gasteiger partial charge in [-0.05, 0) is 32.8 Å². The summed E-state index contributed by atoms with van der Waals surface area (Å²) < 4.78 is 9.85. The predicted octanol–water partition coefficient (Wildman–Crippen LogP) is 3.16. The number of hydrogen-bond acceptors (Lipinski definition) is 4. The number of methoxy groups -OCH3 is 1. The lowest BCUT2D eigenvalue weighted by atomic mass is 10.1. The Morgan fingerprint density at radius 1 is 1.23 bits per heavy atom. The number of esters is 1. The van der Waals surface area contributed by atoms with Crippen molar-refractivity contribution in [2.24, 2.45) is 0 Å². The first kappa shape index (κ1) is 17.8. The summed E-state index contributed by atoms with van der Waals surface area (Å²) in [6.07, 6.45) is 3.37. The maximum Gasteiger partial charge on any atom is 0.408 e. The molecule has 0 unspecified atom stereocenters. The summed E-state index contributed by atoms with van der Waals surface area (Å²) in [7, 11) is 1.28. The van der Waals surface area contributed by atoms with Gasteiger partial charge in [0.15, 0.2) is 0 Å². The van der Waals surface area contributed by atoms with Crippen molar-refractivity contribution in [1.29, 1.82) is 0 Å². The number of ether oxygens (including phenoxy) is 2. The summed E-state index contributed by atoms with van der Waals surface area (Å²) in [5, 5.41) is 2.52. The number of carbonyl (C=O) groups is 2.